The van der Waals surface area contributed by atoms with Crippen LogP contribution >= 0.6 is 20.4 Å². The van der Waals surface area contributed by atoms with Crippen LogP contribution in [0.25, 0.3) is 0 Å². The molecule has 128 valence electrons. The minimum absolute atomic E-state index is 0.156. The number of hydrogen-bond donors (Lipinski definition) is 6. The van der Waals surface area contributed by atoms with Crippen molar-refractivity contribution in [2.45, 2.75) is 26.4 Å². The number of H-pyrrole nitrogens is 1. The van der Waals surface area contributed by atoms with E-state index in [4.69, 9.17) is 41.8 Å². The lowest BCUT2D eigenvalue weighted by Gasteiger charge is -2.05. The minimum Gasteiger partial charge on any atom is -0.385 e. The van der Waals surface area contributed by atoms with Crippen LogP contribution in [0.4, 0.5) is 0 Å². The standard InChI is InChI=1S/C9H14N2O2S.CH6O6P/c1-7-6-11(4-3-5-13-2)9(12)10-8(7)14;2-1(3)7-8(4,5)6/h6H,3-5H2,1-2H3,(H,10,12,14);1-6H/q;+1. The van der Waals surface area contributed by atoms with Crippen LogP contribution < -0.4 is 5.69 Å². The smallest absolute Gasteiger partial charge is 0.385 e. The number of nitrogens with zero attached hydrogens (tertiary/aromatic N) is 1. The zero-order valence-electron chi connectivity index (χ0n) is 12.0. The molecule has 0 fully saturated rings. The van der Waals surface area contributed by atoms with E-state index >= 15 is 0 Å². The van der Waals surface area contributed by atoms with Crippen LogP contribution in [-0.2, 0) is 15.8 Å². The van der Waals surface area contributed by atoms with E-state index in [1.165, 1.54) is 0 Å². The molecule has 10 nitrogen and oxygen atoms in total. The van der Waals surface area contributed by atoms with Crippen LogP contribution in [-0.4, -0.2) is 54.6 Å². The highest BCUT2D eigenvalue weighted by molar-refractivity contribution is 7.71. The third-order valence-electron chi connectivity index (χ3n) is 2.17. The summed E-state index contributed by atoms with van der Waals surface area (Å²) in [5, 5.41) is 15.5. The van der Waals surface area contributed by atoms with Crippen molar-refractivity contribution in [1.29, 1.82) is 0 Å². The summed E-state index contributed by atoms with van der Waals surface area (Å²) in [6, 6.07) is 0. The Hall–Kier alpha value is -0.750. The Balaban J connectivity index is 0.000000472. The molecule has 0 radical (unpaired) electrons. The van der Waals surface area contributed by atoms with Gasteiger partial charge < -0.3 is 19.5 Å². The lowest BCUT2D eigenvalue weighted by Crippen LogP contribution is -2.23. The molecule has 0 aliphatic heterocycles. The van der Waals surface area contributed by atoms with E-state index in [1.807, 2.05) is 6.92 Å². The number of nitrogens with one attached hydrogen (secondary N) is 1. The SMILES string of the molecule is COCCCn1cc(C)c(=S)[nH]c1=O.OC(O)O[P+](O)(O)O. The average Bonchev–Trinajstić information content (AvgIpc) is 2.33. The van der Waals surface area contributed by atoms with E-state index in [0.29, 0.717) is 17.8 Å². The summed E-state index contributed by atoms with van der Waals surface area (Å²) in [6.45, 7) is 0.828. The molecule has 0 aromatic carbocycles. The molecule has 0 atom stereocenters. The van der Waals surface area contributed by atoms with Crippen LogP contribution in [0.5, 0.6) is 0 Å². The van der Waals surface area contributed by atoms with Gasteiger partial charge in [0.25, 0.3) is 0 Å². The number of aromatic nitrogens is 2. The second kappa shape index (κ2) is 10.1. The highest BCUT2D eigenvalue weighted by Crippen LogP contribution is 2.46. The van der Waals surface area contributed by atoms with Gasteiger partial charge in [0.2, 0.25) is 0 Å². The van der Waals surface area contributed by atoms with Crippen molar-refractivity contribution in [3.63, 3.8) is 0 Å². The average molecular weight is 359 g/mol. The maximum atomic E-state index is 11.4. The summed E-state index contributed by atoms with van der Waals surface area (Å²) in [6.07, 6.45) is 2.59. The molecule has 12 heteroatoms. The Labute approximate surface area is 131 Å². The third kappa shape index (κ3) is 10.1. The second-order valence-electron chi connectivity index (χ2n) is 4.06. The van der Waals surface area contributed by atoms with Crippen LogP contribution in [0, 0.1) is 11.6 Å². The zero-order valence-corrected chi connectivity index (χ0v) is 13.8. The van der Waals surface area contributed by atoms with E-state index in [9.17, 15) is 4.79 Å². The van der Waals surface area contributed by atoms with Gasteiger partial charge in [-0.2, -0.15) is 14.7 Å². The number of aromatic amines is 1. The number of aryl methyl sites for hydroxylation is 2. The molecule has 1 rings (SSSR count). The fraction of sp³-hybridized carbons (Fsp3) is 0.600. The van der Waals surface area contributed by atoms with E-state index in [2.05, 4.69) is 9.51 Å². The topological polar surface area (TPSA) is 157 Å². The highest BCUT2D eigenvalue weighted by Gasteiger charge is 2.36. The quantitative estimate of drug-likeness (QED) is 0.165. The maximum Gasteiger partial charge on any atom is 0.572 e. The van der Waals surface area contributed by atoms with Gasteiger partial charge in [-0.25, -0.2) is 4.79 Å². The van der Waals surface area contributed by atoms with E-state index in [-0.39, 0.29) is 5.69 Å². The number of aliphatic hydroxyl groups is 2. The largest absolute Gasteiger partial charge is 0.572 e. The molecular weight excluding hydrogens is 339 g/mol. The molecule has 1 aromatic heterocycles. The van der Waals surface area contributed by atoms with Gasteiger partial charge in [0.1, 0.15) is 4.64 Å². The highest BCUT2D eigenvalue weighted by atomic mass is 32.1. The van der Waals surface area contributed by atoms with Crippen LogP contribution in [0.3, 0.4) is 0 Å². The maximum absolute atomic E-state index is 11.4. The molecule has 0 spiro atoms. The van der Waals surface area contributed by atoms with Gasteiger partial charge >= 0.3 is 20.3 Å². The molecule has 0 bridgehead atoms. The molecule has 1 heterocycles. The Morgan fingerprint density at radius 2 is 2.00 bits per heavy atom. The summed E-state index contributed by atoms with van der Waals surface area (Å²) in [5.41, 5.74) is 0.758. The molecule has 0 saturated heterocycles. The normalized spacial score (nSPS) is 11.3. The van der Waals surface area contributed by atoms with E-state index in [1.54, 1.807) is 17.9 Å². The predicted octanol–water partition coefficient (Wildman–Crippen LogP) is -0.823. The van der Waals surface area contributed by atoms with Crippen molar-refractivity contribution < 1.29 is 34.2 Å². The van der Waals surface area contributed by atoms with Gasteiger partial charge in [0, 0.05) is 32.0 Å². The molecule has 6 N–H and O–H groups in total. The van der Waals surface area contributed by atoms with Gasteiger partial charge in [-0.1, -0.05) is 16.7 Å². The fourth-order valence-corrected chi connectivity index (χ4v) is 1.68. The van der Waals surface area contributed by atoms with Crippen molar-refractivity contribution in [3.8, 4) is 0 Å². The fourth-order valence-electron chi connectivity index (χ4n) is 1.29. The number of rotatable bonds is 6. The zero-order chi connectivity index (χ0) is 17.3. The van der Waals surface area contributed by atoms with Crippen LogP contribution in [0.15, 0.2) is 11.0 Å². The van der Waals surface area contributed by atoms with Crippen LogP contribution in [0.1, 0.15) is 12.0 Å². The summed E-state index contributed by atoms with van der Waals surface area (Å²) in [5.74, 6) is 0. The summed E-state index contributed by atoms with van der Waals surface area (Å²) < 4.78 is 10.4. The molecule has 0 aliphatic rings. The Morgan fingerprint density at radius 3 is 2.41 bits per heavy atom. The third-order valence-corrected chi connectivity index (χ3v) is 3.07. The lowest BCUT2D eigenvalue weighted by atomic mass is 10.4. The van der Waals surface area contributed by atoms with Crippen molar-refractivity contribution in [2.75, 3.05) is 13.7 Å². The first-order valence-corrected chi connectivity index (χ1v) is 7.95. The summed E-state index contributed by atoms with van der Waals surface area (Å²) in [7, 11) is -2.83. The molecule has 0 unspecified atom stereocenters. The number of methoxy groups -OCH3 is 1. The van der Waals surface area contributed by atoms with Crippen molar-refractivity contribution in [2.24, 2.45) is 0 Å². The predicted molar refractivity (Wildman–Crippen MR) is 80.0 cm³/mol. The number of hydrogen-bond acceptors (Lipinski definition) is 9. The number of aliphatic hydroxyl groups excluding tert-OH is 1. The molecule has 0 aliphatic carbocycles. The van der Waals surface area contributed by atoms with Gasteiger partial charge in [-0.05, 0) is 13.3 Å². The minimum atomic E-state index is -4.47. The molecular formula is C10H20N2O8PS+. The van der Waals surface area contributed by atoms with E-state index in [0.717, 1.165) is 12.0 Å². The van der Waals surface area contributed by atoms with Gasteiger partial charge in [-0.15, -0.1) is 0 Å². The van der Waals surface area contributed by atoms with E-state index < -0.39 is 14.6 Å². The number of ether oxygens (including phenoxy) is 1. The molecule has 0 amide bonds. The van der Waals surface area contributed by atoms with Gasteiger partial charge in [0.05, 0.1) is 0 Å². The monoisotopic (exact) mass is 359 g/mol. The first kappa shape index (κ1) is 21.2. The van der Waals surface area contributed by atoms with Crippen molar-refractivity contribution in [3.05, 3.63) is 26.9 Å². The summed E-state index contributed by atoms with van der Waals surface area (Å²) in [4.78, 5) is 37.6. The molecule has 1 aromatic rings. The van der Waals surface area contributed by atoms with Crippen molar-refractivity contribution in [1.82, 2.24) is 9.55 Å². The molecule has 22 heavy (non-hydrogen) atoms. The summed E-state index contributed by atoms with van der Waals surface area (Å²) >= 11 is 4.94. The Bertz CT molecular complexity index is 553. The Kier molecular flexibility index (Phi) is 9.76. The second-order valence-corrected chi connectivity index (χ2v) is 5.70. The van der Waals surface area contributed by atoms with Gasteiger partial charge in [-0.3, -0.25) is 4.98 Å². The first-order chi connectivity index (χ1) is 10.1. The molecule has 0 saturated carbocycles. The van der Waals surface area contributed by atoms with Crippen LogP contribution in [0.2, 0.25) is 0 Å². The van der Waals surface area contributed by atoms with Crippen molar-refractivity contribution >= 4 is 20.4 Å². The van der Waals surface area contributed by atoms with Gasteiger partial charge in [0.15, 0.2) is 0 Å². The first-order valence-electron chi connectivity index (χ1n) is 5.98. The Morgan fingerprint density at radius 1 is 1.41 bits per heavy atom. The lowest BCUT2D eigenvalue weighted by molar-refractivity contribution is -0.193.